The normalized spacial score (nSPS) is 27.0. The van der Waals surface area contributed by atoms with Crippen LogP contribution in [0.3, 0.4) is 0 Å². The lowest BCUT2D eigenvalue weighted by Gasteiger charge is -2.18. The Labute approximate surface area is 81.9 Å². The lowest BCUT2D eigenvalue weighted by molar-refractivity contribution is 0.381. The molecule has 1 fully saturated rings. The maximum atomic E-state index is 3.56. The molecule has 0 amide bonds. The number of rotatable bonds is 4. The fourth-order valence-electron chi connectivity index (χ4n) is 1.80. The van der Waals surface area contributed by atoms with Crippen molar-refractivity contribution in [1.29, 1.82) is 0 Å². The summed E-state index contributed by atoms with van der Waals surface area (Å²) in [6, 6.07) is 0.662. The zero-order chi connectivity index (χ0) is 9.90. The van der Waals surface area contributed by atoms with Crippen LogP contribution in [0, 0.1) is 0 Å². The lowest BCUT2D eigenvalue weighted by atomic mass is 10.0. The van der Waals surface area contributed by atoms with Crippen molar-refractivity contribution in [2.45, 2.75) is 31.8 Å². The van der Waals surface area contributed by atoms with E-state index in [0.717, 1.165) is 19.6 Å². The van der Waals surface area contributed by atoms with Crippen LogP contribution in [0.1, 0.15) is 20.3 Å². The molecular weight excluding hydrogens is 162 g/mol. The predicted molar refractivity (Wildman–Crippen MR) is 57.0 cm³/mol. The van der Waals surface area contributed by atoms with Crippen molar-refractivity contribution in [2.75, 3.05) is 33.7 Å². The fraction of sp³-hybridized carbons (Fsp3) is 1.00. The maximum Gasteiger partial charge on any atom is 0.0210 e. The quantitative estimate of drug-likeness (QED) is 0.659. The van der Waals surface area contributed by atoms with E-state index in [1.165, 1.54) is 6.42 Å². The Bertz CT molecular complexity index is 154. The van der Waals surface area contributed by atoms with Crippen molar-refractivity contribution in [1.82, 2.24) is 15.5 Å². The number of nitrogens with one attached hydrogen (secondary N) is 2. The molecule has 2 N–H and O–H groups in total. The van der Waals surface area contributed by atoms with Gasteiger partial charge in [0.15, 0.2) is 0 Å². The molecule has 1 heterocycles. The molecule has 0 radical (unpaired) electrons. The van der Waals surface area contributed by atoms with Gasteiger partial charge in [-0.05, 0) is 34.4 Å². The number of hydrogen-bond acceptors (Lipinski definition) is 3. The first-order valence-corrected chi connectivity index (χ1v) is 5.13. The first-order chi connectivity index (χ1) is 5.99. The van der Waals surface area contributed by atoms with Gasteiger partial charge in [0.1, 0.15) is 0 Å². The second-order valence-electron chi connectivity index (χ2n) is 4.92. The Kier molecular flexibility index (Phi) is 3.71. The minimum atomic E-state index is 0.329. The third-order valence-electron chi connectivity index (χ3n) is 2.58. The molecule has 13 heavy (non-hydrogen) atoms. The molecule has 1 aliphatic rings. The fourth-order valence-corrected chi connectivity index (χ4v) is 1.80. The molecule has 78 valence electrons. The third kappa shape index (κ3) is 4.07. The highest BCUT2D eigenvalue weighted by atomic mass is 15.1. The van der Waals surface area contributed by atoms with Crippen molar-refractivity contribution >= 4 is 0 Å². The van der Waals surface area contributed by atoms with Gasteiger partial charge in [0.05, 0.1) is 0 Å². The largest absolute Gasteiger partial charge is 0.311 e. The van der Waals surface area contributed by atoms with Gasteiger partial charge in [0.2, 0.25) is 0 Å². The molecule has 0 saturated carbocycles. The second-order valence-corrected chi connectivity index (χ2v) is 4.92. The summed E-state index contributed by atoms with van der Waals surface area (Å²) in [6.45, 7) is 7.86. The highest BCUT2D eigenvalue weighted by Gasteiger charge is 2.29. The molecule has 0 spiro atoms. The van der Waals surface area contributed by atoms with E-state index in [9.17, 15) is 0 Å². The van der Waals surface area contributed by atoms with Crippen molar-refractivity contribution in [3.8, 4) is 0 Å². The summed E-state index contributed by atoms with van der Waals surface area (Å²) in [7, 11) is 4.22. The van der Waals surface area contributed by atoms with E-state index < -0.39 is 0 Å². The number of likely N-dealkylation sites (N-methyl/N-ethyl adjacent to an activating group) is 1. The second kappa shape index (κ2) is 4.40. The molecule has 1 saturated heterocycles. The van der Waals surface area contributed by atoms with Crippen LogP contribution in [0.5, 0.6) is 0 Å². The number of hydrogen-bond donors (Lipinski definition) is 2. The molecule has 3 nitrogen and oxygen atoms in total. The van der Waals surface area contributed by atoms with Crippen LogP contribution in [0.4, 0.5) is 0 Å². The summed E-state index contributed by atoms with van der Waals surface area (Å²) in [5.74, 6) is 0. The first-order valence-electron chi connectivity index (χ1n) is 5.13. The Balaban J connectivity index is 2.11. The van der Waals surface area contributed by atoms with Crippen molar-refractivity contribution < 1.29 is 0 Å². The van der Waals surface area contributed by atoms with E-state index in [4.69, 9.17) is 0 Å². The van der Waals surface area contributed by atoms with E-state index in [1.807, 2.05) is 0 Å². The topological polar surface area (TPSA) is 27.3 Å². The van der Waals surface area contributed by atoms with Crippen LogP contribution >= 0.6 is 0 Å². The minimum absolute atomic E-state index is 0.329. The van der Waals surface area contributed by atoms with E-state index in [2.05, 4.69) is 43.5 Å². The highest BCUT2D eigenvalue weighted by Crippen LogP contribution is 2.17. The van der Waals surface area contributed by atoms with Gasteiger partial charge >= 0.3 is 0 Å². The van der Waals surface area contributed by atoms with E-state index in [-0.39, 0.29) is 0 Å². The van der Waals surface area contributed by atoms with Crippen LogP contribution in [0.15, 0.2) is 0 Å². The molecule has 1 rings (SSSR count). The van der Waals surface area contributed by atoms with E-state index in [0.29, 0.717) is 11.6 Å². The molecule has 1 aliphatic heterocycles. The summed E-state index contributed by atoms with van der Waals surface area (Å²) in [6.07, 6.45) is 1.24. The number of nitrogens with zero attached hydrogens (tertiary/aromatic N) is 1. The molecular formula is C10H23N3. The van der Waals surface area contributed by atoms with E-state index >= 15 is 0 Å². The molecule has 0 aromatic carbocycles. The third-order valence-corrected chi connectivity index (χ3v) is 2.58. The molecule has 3 heteroatoms. The van der Waals surface area contributed by atoms with Gasteiger partial charge in [-0.25, -0.2) is 0 Å². The average molecular weight is 185 g/mol. The standard InChI is InChI=1S/C10H23N3/c1-10(2)7-9(8-12-10)11-5-6-13(3)4/h9,11-12H,5-8H2,1-4H3. The SMILES string of the molecule is CN(C)CCNC1CNC(C)(C)C1. The van der Waals surface area contributed by atoms with Crippen LogP contribution in [0.2, 0.25) is 0 Å². The zero-order valence-electron chi connectivity index (χ0n) is 9.35. The Morgan fingerprint density at radius 1 is 1.46 bits per heavy atom. The van der Waals surface area contributed by atoms with Gasteiger partial charge in [-0.2, -0.15) is 0 Å². The van der Waals surface area contributed by atoms with Crippen LogP contribution in [-0.2, 0) is 0 Å². The average Bonchev–Trinajstić information content (AvgIpc) is 2.29. The van der Waals surface area contributed by atoms with Gasteiger partial charge < -0.3 is 15.5 Å². The Morgan fingerprint density at radius 3 is 2.62 bits per heavy atom. The summed E-state index contributed by atoms with van der Waals surface area (Å²) >= 11 is 0. The summed E-state index contributed by atoms with van der Waals surface area (Å²) in [5, 5.41) is 7.07. The Morgan fingerprint density at radius 2 is 2.15 bits per heavy atom. The summed E-state index contributed by atoms with van der Waals surface area (Å²) in [4.78, 5) is 2.21. The summed E-state index contributed by atoms with van der Waals surface area (Å²) in [5.41, 5.74) is 0.329. The van der Waals surface area contributed by atoms with Crippen LogP contribution in [-0.4, -0.2) is 50.2 Å². The lowest BCUT2D eigenvalue weighted by Crippen LogP contribution is -2.35. The molecule has 0 aromatic rings. The molecule has 0 aliphatic carbocycles. The predicted octanol–water partition coefficient (Wildman–Crippen LogP) is 0.278. The van der Waals surface area contributed by atoms with Crippen molar-refractivity contribution in [2.24, 2.45) is 0 Å². The van der Waals surface area contributed by atoms with Gasteiger partial charge in [-0.3, -0.25) is 0 Å². The van der Waals surface area contributed by atoms with Crippen molar-refractivity contribution in [3.63, 3.8) is 0 Å². The first kappa shape index (κ1) is 11.0. The summed E-state index contributed by atoms with van der Waals surface area (Å²) < 4.78 is 0. The zero-order valence-corrected chi connectivity index (χ0v) is 9.35. The molecule has 1 atom stereocenters. The molecule has 0 bridgehead atoms. The Hall–Kier alpha value is -0.120. The van der Waals surface area contributed by atoms with Gasteiger partial charge in [0, 0.05) is 31.2 Å². The van der Waals surface area contributed by atoms with Crippen LogP contribution in [0.25, 0.3) is 0 Å². The monoisotopic (exact) mass is 185 g/mol. The van der Waals surface area contributed by atoms with Crippen molar-refractivity contribution in [3.05, 3.63) is 0 Å². The molecule has 1 unspecified atom stereocenters. The van der Waals surface area contributed by atoms with Gasteiger partial charge in [-0.15, -0.1) is 0 Å². The highest BCUT2D eigenvalue weighted by molar-refractivity contribution is 4.92. The molecule has 0 aromatic heterocycles. The van der Waals surface area contributed by atoms with Gasteiger partial charge in [0.25, 0.3) is 0 Å². The smallest absolute Gasteiger partial charge is 0.0210 e. The maximum absolute atomic E-state index is 3.56. The van der Waals surface area contributed by atoms with Gasteiger partial charge in [-0.1, -0.05) is 0 Å². The van der Waals surface area contributed by atoms with Crippen LogP contribution < -0.4 is 10.6 Å². The van der Waals surface area contributed by atoms with E-state index in [1.54, 1.807) is 0 Å². The minimum Gasteiger partial charge on any atom is -0.311 e.